The van der Waals surface area contributed by atoms with E-state index >= 15 is 0 Å². The van der Waals surface area contributed by atoms with E-state index in [4.69, 9.17) is 0 Å². The smallest absolute Gasteiger partial charge is 0.422 e. The van der Waals surface area contributed by atoms with Crippen molar-refractivity contribution in [1.82, 2.24) is 4.90 Å². The van der Waals surface area contributed by atoms with Gasteiger partial charge < -0.3 is 14.4 Å². The molecule has 0 aromatic heterocycles. The standard InChI is InChI=1S/C15H18F3NO3.C4H2ClF3O3/c1-3-11(2)19(9-12-7-5-4-6-8-12)13(20)14(21)22-10-15(16,17)18;5-2(9)3(10)11-1-4(6,7)8/h4-8,11H,3,9-10H2,1-2H3;1H2. The van der Waals surface area contributed by atoms with Crippen LogP contribution in [0.1, 0.15) is 25.8 Å². The van der Waals surface area contributed by atoms with Gasteiger partial charge in [0.05, 0.1) is 0 Å². The molecule has 1 aromatic rings. The average Bonchev–Trinajstić information content (AvgIpc) is 2.73. The summed E-state index contributed by atoms with van der Waals surface area (Å²) in [5.74, 6) is -4.26. The van der Waals surface area contributed by atoms with Crippen molar-refractivity contribution in [3.8, 4) is 0 Å². The second-order valence-electron chi connectivity index (χ2n) is 6.33. The first-order chi connectivity index (χ1) is 15.1. The van der Waals surface area contributed by atoms with Crippen LogP contribution in [0.2, 0.25) is 0 Å². The fraction of sp³-hybridized carbons (Fsp3) is 0.474. The summed E-state index contributed by atoms with van der Waals surface area (Å²) in [6, 6.07) is 8.59. The minimum Gasteiger partial charge on any atom is -0.449 e. The topological polar surface area (TPSA) is 90.0 Å². The van der Waals surface area contributed by atoms with Gasteiger partial charge in [-0.25, -0.2) is 9.59 Å². The summed E-state index contributed by atoms with van der Waals surface area (Å²) < 4.78 is 77.3. The van der Waals surface area contributed by atoms with Crippen LogP contribution in [-0.2, 0) is 35.2 Å². The Morgan fingerprint density at radius 2 is 1.36 bits per heavy atom. The molecule has 1 unspecified atom stereocenters. The van der Waals surface area contributed by atoms with Crippen molar-refractivity contribution < 1.29 is 55.0 Å². The molecule has 0 bridgehead atoms. The van der Waals surface area contributed by atoms with E-state index in [0.29, 0.717) is 6.42 Å². The van der Waals surface area contributed by atoms with Crippen LogP contribution in [0.4, 0.5) is 26.3 Å². The molecule has 1 atom stereocenters. The molecule has 0 aliphatic heterocycles. The maximum Gasteiger partial charge on any atom is 0.422 e. The van der Waals surface area contributed by atoms with Crippen LogP contribution in [0.3, 0.4) is 0 Å². The molecule has 186 valence electrons. The zero-order chi connectivity index (χ0) is 25.8. The molecule has 1 aromatic carbocycles. The van der Waals surface area contributed by atoms with Gasteiger partial charge in [0.15, 0.2) is 13.2 Å². The summed E-state index contributed by atoms with van der Waals surface area (Å²) in [4.78, 5) is 44.6. The van der Waals surface area contributed by atoms with Gasteiger partial charge in [-0.3, -0.25) is 9.59 Å². The number of hydrogen-bond acceptors (Lipinski definition) is 6. The number of rotatable bonds is 7. The highest BCUT2D eigenvalue weighted by Crippen LogP contribution is 2.16. The third-order valence-corrected chi connectivity index (χ3v) is 3.80. The van der Waals surface area contributed by atoms with Gasteiger partial charge in [-0.1, -0.05) is 37.3 Å². The zero-order valence-electron chi connectivity index (χ0n) is 17.3. The maximum atomic E-state index is 12.0. The SMILES string of the molecule is CCC(C)N(Cc1ccccc1)C(=O)C(=O)OCC(F)(F)F.O=C(Cl)C(=O)OCC(F)(F)F. The number of amides is 1. The molecule has 14 heteroatoms. The van der Waals surface area contributed by atoms with Crippen LogP contribution >= 0.6 is 11.6 Å². The summed E-state index contributed by atoms with van der Waals surface area (Å²) in [6.45, 7) is 0.103. The van der Waals surface area contributed by atoms with Crippen LogP contribution < -0.4 is 0 Å². The molecule has 0 radical (unpaired) electrons. The quantitative estimate of drug-likeness (QED) is 0.241. The molecule has 0 fully saturated rings. The molecule has 0 heterocycles. The Hall–Kier alpha value is -2.83. The van der Waals surface area contributed by atoms with Crippen molar-refractivity contribution >= 4 is 34.7 Å². The lowest BCUT2D eigenvalue weighted by Crippen LogP contribution is -2.43. The van der Waals surface area contributed by atoms with Gasteiger partial charge in [-0.05, 0) is 30.5 Å². The minimum absolute atomic E-state index is 0.135. The number of benzene rings is 1. The predicted molar refractivity (Wildman–Crippen MR) is 102 cm³/mol. The fourth-order valence-corrected chi connectivity index (χ4v) is 2.01. The molecule has 0 aliphatic rings. The van der Waals surface area contributed by atoms with E-state index < -0.39 is 48.7 Å². The van der Waals surface area contributed by atoms with Crippen LogP contribution in [0.5, 0.6) is 0 Å². The lowest BCUT2D eigenvalue weighted by atomic mass is 10.1. The Bertz CT molecular complexity index is 800. The lowest BCUT2D eigenvalue weighted by molar-refractivity contribution is -0.190. The Kier molecular flexibility index (Phi) is 12.5. The van der Waals surface area contributed by atoms with Gasteiger partial charge in [0.25, 0.3) is 0 Å². The highest BCUT2D eigenvalue weighted by molar-refractivity contribution is 6.80. The van der Waals surface area contributed by atoms with E-state index in [1.54, 1.807) is 37.3 Å². The van der Waals surface area contributed by atoms with Crippen LogP contribution in [0, 0.1) is 0 Å². The minimum atomic E-state index is -4.66. The second kappa shape index (κ2) is 13.7. The molecular formula is C19H20ClF6NO6. The number of ether oxygens (including phenoxy) is 2. The van der Waals surface area contributed by atoms with Crippen molar-refractivity contribution in [2.75, 3.05) is 13.2 Å². The summed E-state index contributed by atoms with van der Waals surface area (Å²) in [5.41, 5.74) is 0.778. The first kappa shape index (κ1) is 30.2. The van der Waals surface area contributed by atoms with Crippen molar-refractivity contribution in [3.05, 3.63) is 35.9 Å². The summed E-state index contributed by atoms with van der Waals surface area (Å²) in [5, 5.41) is -1.57. The van der Waals surface area contributed by atoms with E-state index in [-0.39, 0.29) is 12.6 Å². The maximum absolute atomic E-state index is 12.0. The number of nitrogens with zero attached hydrogens (tertiary/aromatic N) is 1. The van der Waals surface area contributed by atoms with E-state index in [1.165, 1.54) is 4.90 Å². The van der Waals surface area contributed by atoms with E-state index in [0.717, 1.165) is 5.56 Å². The molecule has 0 saturated heterocycles. The molecule has 0 saturated carbocycles. The molecule has 0 N–H and O–H groups in total. The van der Waals surface area contributed by atoms with Crippen molar-refractivity contribution in [1.29, 1.82) is 0 Å². The fourth-order valence-electron chi connectivity index (χ4n) is 1.96. The van der Waals surface area contributed by atoms with Gasteiger partial charge in [0, 0.05) is 12.6 Å². The van der Waals surface area contributed by atoms with Crippen molar-refractivity contribution in [3.63, 3.8) is 0 Å². The molecular weight excluding hydrogens is 488 g/mol. The Morgan fingerprint density at radius 3 is 1.76 bits per heavy atom. The van der Waals surface area contributed by atoms with Gasteiger partial charge in [-0.2, -0.15) is 26.3 Å². The highest BCUT2D eigenvalue weighted by Gasteiger charge is 2.33. The molecule has 0 spiro atoms. The highest BCUT2D eigenvalue weighted by atomic mass is 35.5. The first-order valence-electron chi connectivity index (χ1n) is 9.09. The molecule has 1 amide bonds. The Morgan fingerprint density at radius 1 is 0.909 bits per heavy atom. The van der Waals surface area contributed by atoms with Crippen LogP contribution in [-0.4, -0.2) is 59.6 Å². The summed E-state index contributed by atoms with van der Waals surface area (Å²) >= 11 is 4.48. The largest absolute Gasteiger partial charge is 0.449 e. The van der Waals surface area contributed by atoms with E-state index in [1.807, 2.05) is 6.92 Å². The first-order valence-corrected chi connectivity index (χ1v) is 9.47. The Labute approximate surface area is 189 Å². The van der Waals surface area contributed by atoms with Crippen molar-refractivity contribution in [2.24, 2.45) is 0 Å². The number of halogens is 7. The molecule has 0 aliphatic carbocycles. The Balaban J connectivity index is 0.000000785. The third kappa shape index (κ3) is 14.0. The van der Waals surface area contributed by atoms with Gasteiger partial charge in [0.1, 0.15) is 0 Å². The number of hydrogen-bond donors (Lipinski definition) is 0. The summed E-state index contributed by atoms with van der Waals surface area (Å²) in [6.07, 6.45) is -8.73. The summed E-state index contributed by atoms with van der Waals surface area (Å²) in [7, 11) is 0. The zero-order valence-corrected chi connectivity index (χ0v) is 18.1. The van der Waals surface area contributed by atoms with Crippen LogP contribution in [0.15, 0.2) is 30.3 Å². The van der Waals surface area contributed by atoms with Gasteiger partial charge in [0.2, 0.25) is 0 Å². The number of alkyl halides is 6. The van der Waals surface area contributed by atoms with Crippen LogP contribution in [0.25, 0.3) is 0 Å². The van der Waals surface area contributed by atoms with Gasteiger partial charge >= 0.3 is 35.4 Å². The lowest BCUT2D eigenvalue weighted by Gasteiger charge is -2.27. The van der Waals surface area contributed by atoms with Crippen molar-refractivity contribution in [2.45, 2.75) is 45.2 Å². The predicted octanol–water partition coefficient (Wildman–Crippen LogP) is 3.78. The molecule has 7 nitrogen and oxygen atoms in total. The molecule has 33 heavy (non-hydrogen) atoms. The second-order valence-corrected chi connectivity index (χ2v) is 6.68. The monoisotopic (exact) mass is 507 g/mol. The van der Waals surface area contributed by atoms with Gasteiger partial charge in [-0.15, -0.1) is 0 Å². The molecule has 1 rings (SSSR count). The third-order valence-electron chi connectivity index (χ3n) is 3.65. The number of carbonyl (C=O) groups excluding carboxylic acids is 4. The van der Waals surface area contributed by atoms with E-state index in [2.05, 4.69) is 21.1 Å². The normalized spacial score (nSPS) is 12.0. The average molecular weight is 508 g/mol. The number of carbonyl (C=O) groups is 4. The number of esters is 2. The van der Waals surface area contributed by atoms with E-state index in [9.17, 15) is 45.5 Å².